The summed E-state index contributed by atoms with van der Waals surface area (Å²) in [5, 5.41) is 13.6. The van der Waals surface area contributed by atoms with Crippen molar-refractivity contribution in [1.82, 2.24) is 9.78 Å². The lowest BCUT2D eigenvalue weighted by molar-refractivity contribution is 0.0696. The monoisotopic (exact) mass is 342 g/mol. The van der Waals surface area contributed by atoms with Gasteiger partial charge in [0.25, 0.3) is 0 Å². The maximum Gasteiger partial charge on any atom is 0.340 e. The molecule has 6 heteroatoms. The van der Waals surface area contributed by atoms with Crippen LogP contribution in [0.5, 0.6) is 0 Å². The van der Waals surface area contributed by atoms with Gasteiger partial charge in [-0.05, 0) is 18.1 Å². The summed E-state index contributed by atoms with van der Waals surface area (Å²) in [6.45, 7) is 2.29. The molecule has 0 amide bonds. The Balaban J connectivity index is 2.42. The first-order chi connectivity index (χ1) is 9.04. The van der Waals surface area contributed by atoms with Crippen molar-refractivity contribution in [3.63, 3.8) is 0 Å². The molecule has 4 nitrogen and oxygen atoms in total. The quantitative estimate of drug-likeness (QED) is 0.922. The van der Waals surface area contributed by atoms with Gasteiger partial charge in [0.15, 0.2) is 0 Å². The predicted octanol–water partition coefficient (Wildman–Crippen LogP) is 3.61. The molecule has 1 heterocycles. The Labute approximate surface area is 124 Å². The van der Waals surface area contributed by atoms with Crippen molar-refractivity contribution in [2.45, 2.75) is 19.9 Å². The second-order valence-electron chi connectivity index (χ2n) is 4.02. The Bertz CT molecular complexity index is 625. The van der Waals surface area contributed by atoms with Crippen LogP contribution in [-0.4, -0.2) is 20.9 Å². The minimum absolute atomic E-state index is 0.0937. The zero-order chi connectivity index (χ0) is 14.0. The molecule has 0 saturated heterocycles. The Hall–Kier alpha value is -1.33. The molecule has 0 radical (unpaired) electrons. The molecule has 2 rings (SSSR count). The molecule has 1 N–H and O–H groups in total. The number of carbonyl (C=O) groups is 1. The molecule has 0 aliphatic rings. The number of aryl methyl sites for hydroxylation is 1. The number of halogens is 2. The van der Waals surface area contributed by atoms with Gasteiger partial charge >= 0.3 is 5.97 Å². The lowest BCUT2D eigenvalue weighted by Crippen LogP contribution is -2.03. The zero-order valence-corrected chi connectivity index (χ0v) is 12.6. The number of benzene rings is 1. The second-order valence-corrected chi connectivity index (χ2v) is 5.23. The van der Waals surface area contributed by atoms with Gasteiger partial charge in [0, 0.05) is 4.47 Å². The highest BCUT2D eigenvalue weighted by Crippen LogP contribution is 2.24. The number of aromatic carboxylic acids is 1. The van der Waals surface area contributed by atoms with E-state index in [0.29, 0.717) is 18.7 Å². The standard InChI is InChI=1S/C13H12BrClN2O2/c1-2-10-11(13(18)19)12(15)17(16-10)7-8-5-3-4-6-9(8)14/h3-6H,2,7H2,1H3,(H,18,19). The van der Waals surface area contributed by atoms with Crippen LogP contribution in [0.4, 0.5) is 0 Å². The summed E-state index contributed by atoms with van der Waals surface area (Å²) < 4.78 is 2.46. The average molecular weight is 344 g/mol. The topological polar surface area (TPSA) is 55.1 Å². The summed E-state index contributed by atoms with van der Waals surface area (Å²) in [7, 11) is 0. The molecule has 100 valence electrons. The third-order valence-electron chi connectivity index (χ3n) is 2.79. The van der Waals surface area contributed by atoms with Crippen molar-refractivity contribution < 1.29 is 9.90 Å². The van der Waals surface area contributed by atoms with Crippen LogP contribution in [0.25, 0.3) is 0 Å². The summed E-state index contributed by atoms with van der Waals surface area (Å²) in [6, 6.07) is 7.69. The predicted molar refractivity (Wildman–Crippen MR) is 76.8 cm³/mol. The van der Waals surface area contributed by atoms with E-state index < -0.39 is 5.97 Å². The normalized spacial score (nSPS) is 10.7. The van der Waals surface area contributed by atoms with Crippen molar-refractivity contribution in [3.8, 4) is 0 Å². The summed E-state index contributed by atoms with van der Waals surface area (Å²) in [6.07, 6.45) is 0.532. The number of hydrogen-bond donors (Lipinski definition) is 1. The molecule has 0 spiro atoms. The van der Waals surface area contributed by atoms with Gasteiger partial charge in [-0.1, -0.05) is 52.7 Å². The van der Waals surface area contributed by atoms with Gasteiger partial charge in [0.05, 0.1) is 12.2 Å². The molecule has 0 bridgehead atoms. The Morgan fingerprint density at radius 2 is 2.16 bits per heavy atom. The van der Waals surface area contributed by atoms with Gasteiger partial charge in [-0.3, -0.25) is 0 Å². The molecule has 0 saturated carbocycles. The zero-order valence-electron chi connectivity index (χ0n) is 10.2. The van der Waals surface area contributed by atoms with Crippen molar-refractivity contribution in [2.24, 2.45) is 0 Å². The highest BCUT2D eigenvalue weighted by Gasteiger charge is 2.21. The van der Waals surface area contributed by atoms with E-state index in [1.807, 2.05) is 31.2 Å². The number of carboxylic acids is 1. The summed E-state index contributed by atoms with van der Waals surface area (Å²) in [5.41, 5.74) is 1.59. The van der Waals surface area contributed by atoms with Gasteiger partial charge in [-0.2, -0.15) is 5.10 Å². The third-order valence-corrected chi connectivity index (χ3v) is 3.95. The number of nitrogens with zero attached hydrogens (tertiary/aromatic N) is 2. The molecule has 2 aromatic rings. The van der Waals surface area contributed by atoms with Crippen LogP contribution in [0.2, 0.25) is 5.15 Å². The minimum Gasteiger partial charge on any atom is -0.478 e. The fourth-order valence-electron chi connectivity index (χ4n) is 1.84. The first-order valence-corrected chi connectivity index (χ1v) is 6.93. The highest BCUT2D eigenvalue weighted by atomic mass is 79.9. The fraction of sp³-hybridized carbons (Fsp3) is 0.231. The van der Waals surface area contributed by atoms with Crippen LogP contribution in [-0.2, 0) is 13.0 Å². The Morgan fingerprint density at radius 3 is 2.68 bits per heavy atom. The molecule has 0 unspecified atom stereocenters. The SMILES string of the molecule is CCc1nn(Cc2ccccc2Br)c(Cl)c1C(=O)O. The van der Waals surface area contributed by atoms with Gasteiger partial charge in [0.2, 0.25) is 0 Å². The lowest BCUT2D eigenvalue weighted by atomic mass is 10.2. The maximum absolute atomic E-state index is 11.2. The fourth-order valence-corrected chi connectivity index (χ4v) is 2.54. The minimum atomic E-state index is -1.04. The van der Waals surface area contributed by atoms with Crippen LogP contribution in [0.15, 0.2) is 28.7 Å². The highest BCUT2D eigenvalue weighted by molar-refractivity contribution is 9.10. The van der Waals surface area contributed by atoms with Crippen molar-refractivity contribution in [2.75, 3.05) is 0 Å². The number of rotatable bonds is 4. The van der Waals surface area contributed by atoms with Crippen molar-refractivity contribution >= 4 is 33.5 Å². The van der Waals surface area contributed by atoms with Crippen molar-refractivity contribution in [1.29, 1.82) is 0 Å². The van der Waals surface area contributed by atoms with E-state index in [9.17, 15) is 4.79 Å². The number of hydrogen-bond acceptors (Lipinski definition) is 2. The molecule has 0 fully saturated rings. The van der Waals surface area contributed by atoms with E-state index >= 15 is 0 Å². The molecule has 19 heavy (non-hydrogen) atoms. The van der Waals surface area contributed by atoms with Gasteiger partial charge < -0.3 is 5.11 Å². The average Bonchev–Trinajstić information content (AvgIpc) is 2.69. The molecular formula is C13H12BrClN2O2. The van der Waals surface area contributed by atoms with Crippen LogP contribution >= 0.6 is 27.5 Å². The van der Waals surface area contributed by atoms with E-state index in [4.69, 9.17) is 16.7 Å². The smallest absolute Gasteiger partial charge is 0.340 e. The van der Waals surface area contributed by atoms with Gasteiger partial charge in [-0.25, -0.2) is 9.48 Å². The molecule has 0 aliphatic heterocycles. The van der Waals surface area contributed by atoms with E-state index in [0.717, 1.165) is 10.0 Å². The summed E-state index contributed by atoms with van der Waals surface area (Å²) >= 11 is 9.56. The largest absolute Gasteiger partial charge is 0.478 e. The number of carboxylic acid groups (broad SMARTS) is 1. The van der Waals surface area contributed by atoms with E-state index in [1.165, 1.54) is 4.68 Å². The molecule has 1 aromatic heterocycles. The molecule has 0 aliphatic carbocycles. The maximum atomic E-state index is 11.2. The Morgan fingerprint density at radius 1 is 1.47 bits per heavy atom. The van der Waals surface area contributed by atoms with E-state index in [-0.39, 0.29) is 10.7 Å². The number of aromatic nitrogens is 2. The lowest BCUT2D eigenvalue weighted by Gasteiger charge is -2.05. The third kappa shape index (κ3) is 2.82. The summed E-state index contributed by atoms with van der Waals surface area (Å²) in [4.78, 5) is 11.2. The van der Waals surface area contributed by atoms with Gasteiger partial charge in [0.1, 0.15) is 10.7 Å². The van der Waals surface area contributed by atoms with Crippen LogP contribution < -0.4 is 0 Å². The van der Waals surface area contributed by atoms with Crippen LogP contribution in [0.3, 0.4) is 0 Å². The van der Waals surface area contributed by atoms with Crippen molar-refractivity contribution in [3.05, 3.63) is 50.7 Å². The van der Waals surface area contributed by atoms with Gasteiger partial charge in [-0.15, -0.1) is 0 Å². The molecule has 0 atom stereocenters. The van der Waals surface area contributed by atoms with Crippen LogP contribution in [0.1, 0.15) is 28.5 Å². The first-order valence-electron chi connectivity index (χ1n) is 5.76. The van der Waals surface area contributed by atoms with E-state index in [2.05, 4.69) is 21.0 Å². The molecule has 1 aromatic carbocycles. The van der Waals surface area contributed by atoms with E-state index in [1.54, 1.807) is 0 Å². The Kier molecular flexibility index (Phi) is 4.27. The van der Waals surface area contributed by atoms with Crippen LogP contribution in [0, 0.1) is 0 Å². The molecular weight excluding hydrogens is 332 g/mol. The summed E-state index contributed by atoms with van der Waals surface area (Å²) in [5.74, 6) is -1.04. The first kappa shape index (κ1) is 14.1. The second kappa shape index (κ2) is 5.75.